The molecule has 27 heavy (non-hydrogen) atoms. The molecule has 1 aliphatic rings. The molecule has 5 nitrogen and oxygen atoms in total. The van der Waals surface area contributed by atoms with Crippen LogP contribution in [0.25, 0.3) is 6.08 Å². The minimum absolute atomic E-state index is 0.154. The van der Waals surface area contributed by atoms with E-state index in [2.05, 4.69) is 5.32 Å². The number of nitrogens with one attached hydrogen (secondary N) is 1. The van der Waals surface area contributed by atoms with Gasteiger partial charge >= 0.3 is 0 Å². The molecule has 0 aromatic heterocycles. The third kappa shape index (κ3) is 4.20. The number of hydrogen-bond donors (Lipinski definition) is 2. The molecule has 1 heterocycles. The highest BCUT2D eigenvalue weighted by Crippen LogP contribution is 2.34. The van der Waals surface area contributed by atoms with Gasteiger partial charge in [-0.1, -0.05) is 54.3 Å². The second-order valence-electron chi connectivity index (χ2n) is 6.12. The first-order valence-electron chi connectivity index (χ1n) is 8.29. The number of rotatable bonds is 4. The van der Waals surface area contributed by atoms with Gasteiger partial charge in [0.05, 0.1) is 4.91 Å². The van der Waals surface area contributed by atoms with Gasteiger partial charge in [0.1, 0.15) is 16.1 Å². The average Bonchev–Trinajstić information content (AvgIpc) is 2.91. The third-order valence-corrected chi connectivity index (χ3v) is 5.51. The van der Waals surface area contributed by atoms with E-state index in [-0.39, 0.29) is 17.6 Å². The van der Waals surface area contributed by atoms with E-state index in [0.717, 1.165) is 22.9 Å². The van der Waals surface area contributed by atoms with Crippen LogP contribution < -0.4 is 5.32 Å². The topological polar surface area (TPSA) is 69.6 Å². The molecule has 2 aromatic rings. The van der Waals surface area contributed by atoms with E-state index in [4.69, 9.17) is 12.2 Å². The van der Waals surface area contributed by atoms with Crippen LogP contribution in [0.4, 0.5) is 5.69 Å². The van der Waals surface area contributed by atoms with Gasteiger partial charge < -0.3 is 10.4 Å². The molecular formula is C20H18N2O3S2. The number of carbonyl (C=O) groups excluding carboxylic acids is 2. The van der Waals surface area contributed by atoms with Gasteiger partial charge in [0.2, 0.25) is 5.91 Å². The van der Waals surface area contributed by atoms with Crippen molar-refractivity contribution in [3.05, 3.63) is 64.6 Å². The zero-order valence-electron chi connectivity index (χ0n) is 14.8. The summed E-state index contributed by atoms with van der Waals surface area (Å²) in [6.07, 6.45) is 1.70. The van der Waals surface area contributed by atoms with Gasteiger partial charge in [0.15, 0.2) is 0 Å². The second kappa shape index (κ2) is 7.94. The van der Waals surface area contributed by atoms with E-state index >= 15 is 0 Å². The molecule has 0 radical (unpaired) electrons. The van der Waals surface area contributed by atoms with Crippen LogP contribution in [0.1, 0.15) is 18.1 Å². The van der Waals surface area contributed by atoms with Crippen LogP contribution in [0.2, 0.25) is 0 Å². The molecule has 1 aliphatic heterocycles. The van der Waals surface area contributed by atoms with Crippen LogP contribution in [0, 0.1) is 6.92 Å². The molecular weight excluding hydrogens is 380 g/mol. The van der Waals surface area contributed by atoms with Crippen LogP contribution in [0.5, 0.6) is 5.75 Å². The van der Waals surface area contributed by atoms with Gasteiger partial charge in [-0.2, -0.15) is 0 Å². The van der Waals surface area contributed by atoms with Crippen molar-refractivity contribution >= 4 is 51.9 Å². The normalized spacial score (nSPS) is 16.7. The van der Waals surface area contributed by atoms with Gasteiger partial charge in [0.25, 0.3) is 5.91 Å². The number of para-hydroxylation sites is 1. The summed E-state index contributed by atoms with van der Waals surface area (Å²) in [5.74, 6) is -0.446. The number of aromatic hydroxyl groups is 1. The number of thioether (sulfide) groups is 1. The maximum Gasteiger partial charge on any atom is 0.266 e. The molecule has 1 fully saturated rings. The Kier molecular flexibility index (Phi) is 5.62. The Bertz CT molecular complexity index is 938. The van der Waals surface area contributed by atoms with E-state index in [1.807, 2.05) is 31.2 Å². The lowest BCUT2D eigenvalue weighted by atomic mass is 10.1. The molecule has 1 saturated heterocycles. The Labute approximate surface area is 167 Å². The molecule has 0 saturated carbocycles. The zero-order valence-corrected chi connectivity index (χ0v) is 16.4. The lowest BCUT2D eigenvalue weighted by molar-refractivity contribution is -0.129. The minimum atomic E-state index is -0.733. The molecule has 2 N–H and O–H groups in total. The van der Waals surface area contributed by atoms with Crippen LogP contribution in [0.15, 0.2) is 53.4 Å². The fraction of sp³-hybridized carbons (Fsp3) is 0.150. The lowest BCUT2D eigenvalue weighted by Crippen LogP contribution is -2.44. The van der Waals surface area contributed by atoms with Crippen molar-refractivity contribution in [2.24, 2.45) is 0 Å². The summed E-state index contributed by atoms with van der Waals surface area (Å²) >= 11 is 6.49. The molecule has 3 rings (SSSR count). The smallest absolute Gasteiger partial charge is 0.266 e. The first-order chi connectivity index (χ1) is 12.9. The Hall–Kier alpha value is -2.64. The zero-order chi connectivity index (χ0) is 19.6. The highest BCUT2D eigenvalue weighted by Gasteiger charge is 2.38. The van der Waals surface area contributed by atoms with E-state index in [9.17, 15) is 14.7 Å². The molecule has 1 atom stereocenters. The van der Waals surface area contributed by atoms with Crippen LogP contribution in [-0.4, -0.2) is 32.2 Å². The third-order valence-electron chi connectivity index (χ3n) is 4.18. The van der Waals surface area contributed by atoms with Crippen molar-refractivity contribution < 1.29 is 14.7 Å². The van der Waals surface area contributed by atoms with Gasteiger partial charge in [0, 0.05) is 5.69 Å². The number of aryl methyl sites for hydroxylation is 1. The molecule has 138 valence electrons. The Balaban J connectivity index is 1.77. The molecule has 0 bridgehead atoms. The Morgan fingerprint density at radius 3 is 2.56 bits per heavy atom. The summed E-state index contributed by atoms with van der Waals surface area (Å²) in [5, 5.41) is 12.2. The fourth-order valence-electron chi connectivity index (χ4n) is 2.60. The summed E-state index contributed by atoms with van der Waals surface area (Å²) in [5.41, 5.74) is 2.42. The highest BCUT2D eigenvalue weighted by atomic mass is 32.2. The maximum atomic E-state index is 12.8. The van der Waals surface area contributed by atoms with E-state index in [1.54, 1.807) is 37.3 Å². The van der Waals surface area contributed by atoms with Crippen molar-refractivity contribution in [1.82, 2.24) is 4.90 Å². The lowest BCUT2D eigenvalue weighted by Gasteiger charge is -2.22. The summed E-state index contributed by atoms with van der Waals surface area (Å²) in [7, 11) is 0. The quantitative estimate of drug-likeness (QED) is 0.603. The summed E-state index contributed by atoms with van der Waals surface area (Å²) < 4.78 is 0.345. The maximum absolute atomic E-state index is 12.8. The number of hydrogen-bond acceptors (Lipinski definition) is 5. The van der Waals surface area contributed by atoms with E-state index < -0.39 is 6.04 Å². The molecule has 2 amide bonds. The number of phenols is 1. The predicted octanol–water partition coefficient (Wildman–Crippen LogP) is 3.93. The SMILES string of the molecule is Cc1ccccc1NC(=O)C(C)N1C(=O)/C(=C/c2ccc(O)cc2)SC1=S. The van der Waals surface area contributed by atoms with Gasteiger partial charge in [-0.3, -0.25) is 14.5 Å². The van der Waals surface area contributed by atoms with Crippen molar-refractivity contribution in [2.75, 3.05) is 5.32 Å². The number of phenolic OH excluding ortho intramolecular Hbond substituents is 1. The summed E-state index contributed by atoms with van der Waals surface area (Å²) in [6, 6.07) is 13.2. The van der Waals surface area contributed by atoms with E-state index in [1.165, 1.54) is 4.90 Å². The number of amides is 2. The molecule has 0 spiro atoms. The van der Waals surface area contributed by atoms with Gasteiger partial charge in [-0.05, 0) is 49.2 Å². The van der Waals surface area contributed by atoms with Crippen LogP contribution >= 0.6 is 24.0 Å². The molecule has 0 aliphatic carbocycles. The Morgan fingerprint density at radius 2 is 1.89 bits per heavy atom. The molecule has 7 heteroatoms. The monoisotopic (exact) mass is 398 g/mol. The number of carbonyl (C=O) groups is 2. The number of benzene rings is 2. The van der Waals surface area contributed by atoms with Gasteiger partial charge in [-0.15, -0.1) is 0 Å². The first-order valence-corrected chi connectivity index (χ1v) is 9.52. The minimum Gasteiger partial charge on any atom is -0.508 e. The summed E-state index contributed by atoms with van der Waals surface area (Å²) in [6.45, 7) is 3.56. The largest absolute Gasteiger partial charge is 0.508 e. The van der Waals surface area contributed by atoms with Crippen molar-refractivity contribution in [1.29, 1.82) is 0 Å². The fourth-order valence-corrected chi connectivity index (χ4v) is 4.02. The van der Waals surface area contributed by atoms with Crippen LogP contribution in [0.3, 0.4) is 0 Å². The number of anilines is 1. The van der Waals surface area contributed by atoms with Crippen molar-refractivity contribution in [3.8, 4) is 5.75 Å². The summed E-state index contributed by atoms with van der Waals surface area (Å²) in [4.78, 5) is 27.2. The van der Waals surface area contributed by atoms with Crippen molar-refractivity contribution in [2.45, 2.75) is 19.9 Å². The number of thiocarbonyl (C=S) groups is 1. The molecule has 1 unspecified atom stereocenters. The standard InChI is InChI=1S/C20H18N2O3S2/c1-12-5-3-4-6-16(12)21-18(24)13(2)22-19(25)17(27-20(22)26)11-14-7-9-15(23)10-8-14/h3-11,13,23H,1-2H3,(H,21,24)/b17-11-. The highest BCUT2D eigenvalue weighted by molar-refractivity contribution is 8.26. The van der Waals surface area contributed by atoms with Crippen molar-refractivity contribution in [3.63, 3.8) is 0 Å². The van der Waals surface area contributed by atoms with Crippen LogP contribution in [-0.2, 0) is 9.59 Å². The Morgan fingerprint density at radius 1 is 1.22 bits per heavy atom. The molecule has 2 aromatic carbocycles. The van der Waals surface area contributed by atoms with E-state index in [0.29, 0.717) is 14.9 Å². The predicted molar refractivity (Wildman–Crippen MR) is 112 cm³/mol. The van der Waals surface area contributed by atoms with Gasteiger partial charge in [-0.25, -0.2) is 0 Å². The second-order valence-corrected chi connectivity index (χ2v) is 7.80. The average molecular weight is 399 g/mol. The number of nitrogens with zero attached hydrogens (tertiary/aromatic N) is 1. The first kappa shape index (κ1) is 19.1.